The third-order valence-electron chi connectivity index (χ3n) is 2.74. The first-order valence-electron chi connectivity index (χ1n) is 5.44. The maximum Gasteiger partial charge on any atom is 0.156 e. The van der Waals surface area contributed by atoms with E-state index >= 15 is 0 Å². The van der Waals surface area contributed by atoms with Crippen LogP contribution in [0.25, 0.3) is 0 Å². The van der Waals surface area contributed by atoms with Gasteiger partial charge in [-0.25, -0.2) is 0 Å². The van der Waals surface area contributed by atoms with E-state index in [0.717, 1.165) is 12.8 Å². The fourth-order valence-electron chi connectivity index (χ4n) is 1.79. The van der Waals surface area contributed by atoms with E-state index in [1.54, 1.807) is 20.8 Å². The number of hydrogen-bond acceptors (Lipinski definition) is 3. The maximum atomic E-state index is 12.0. The lowest BCUT2D eigenvalue weighted by atomic mass is 9.79. The standard InChI is InChI=1S/C12H18O3/c1-12(2,3)11(15)10-8(13)6-4-5-7-9(10)14/h10H,4-7H2,1-3H3. The predicted octanol–water partition coefficient (Wildman–Crippen LogP) is 1.93. The SMILES string of the molecule is CC(C)(C)C(=O)C1C(=O)CCCCC1=O. The minimum Gasteiger partial charge on any atom is -0.298 e. The van der Waals surface area contributed by atoms with Gasteiger partial charge in [-0.3, -0.25) is 14.4 Å². The van der Waals surface area contributed by atoms with Crippen molar-refractivity contribution in [3.8, 4) is 0 Å². The predicted molar refractivity (Wildman–Crippen MR) is 56.4 cm³/mol. The number of Topliss-reactive ketones (excluding diaryl/α,β-unsaturated/α-hetero) is 3. The quantitative estimate of drug-likeness (QED) is 0.491. The number of carbonyl (C=O) groups excluding carboxylic acids is 3. The first-order valence-corrected chi connectivity index (χ1v) is 5.44. The van der Waals surface area contributed by atoms with Crippen molar-refractivity contribution in [3.63, 3.8) is 0 Å². The molecule has 0 unspecified atom stereocenters. The van der Waals surface area contributed by atoms with Crippen LogP contribution in [0.5, 0.6) is 0 Å². The Kier molecular flexibility index (Phi) is 3.42. The van der Waals surface area contributed by atoms with Crippen LogP contribution >= 0.6 is 0 Å². The molecule has 15 heavy (non-hydrogen) atoms. The molecule has 0 atom stereocenters. The van der Waals surface area contributed by atoms with Crippen LogP contribution in [-0.4, -0.2) is 17.3 Å². The molecule has 1 fully saturated rings. The average Bonchev–Trinajstić information content (AvgIpc) is 2.25. The second-order valence-electron chi connectivity index (χ2n) is 5.19. The smallest absolute Gasteiger partial charge is 0.156 e. The lowest BCUT2D eigenvalue weighted by molar-refractivity contribution is -0.143. The third-order valence-corrected chi connectivity index (χ3v) is 2.74. The van der Waals surface area contributed by atoms with Crippen molar-refractivity contribution in [1.82, 2.24) is 0 Å². The van der Waals surface area contributed by atoms with Crippen molar-refractivity contribution in [1.29, 1.82) is 0 Å². The van der Waals surface area contributed by atoms with Crippen LogP contribution in [0.2, 0.25) is 0 Å². The van der Waals surface area contributed by atoms with Crippen LogP contribution in [0.3, 0.4) is 0 Å². The number of rotatable bonds is 1. The number of carbonyl (C=O) groups is 3. The van der Waals surface area contributed by atoms with E-state index < -0.39 is 11.3 Å². The molecule has 0 spiro atoms. The molecule has 0 aromatic carbocycles. The topological polar surface area (TPSA) is 51.2 Å². The fraction of sp³-hybridized carbons (Fsp3) is 0.750. The van der Waals surface area contributed by atoms with Crippen molar-refractivity contribution in [2.75, 3.05) is 0 Å². The van der Waals surface area contributed by atoms with E-state index in [0.29, 0.717) is 12.8 Å². The molecule has 0 aromatic rings. The van der Waals surface area contributed by atoms with Crippen LogP contribution in [0.4, 0.5) is 0 Å². The Morgan fingerprint density at radius 1 is 1.07 bits per heavy atom. The summed E-state index contributed by atoms with van der Waals surface area (Å²) in [7, 11) is 0. The fourth-order valence-corrected chi connectivity index (χ4v) is 1.79. The summed E-state index contributed by atoms with van der Waals surface area (Å²) in [6.07, 6.45) is 2.22. The van der Waals surface area contributed by atoms with E-state index in [1.165, 1.54) is 0 Å². The zero-order valence-corrected chi connectivity index (χ0v) is 9.63. The van der Waals surface area contributed by atoms with Gasteiger partial charge >= 0.3 is 0 Å². The summed E-state index contributed by atoms with van der Waals surface area (Å²) in [6.45, 7) is 5.25. The molecule has 0 N–H and O–H groups in total. The van der Waals surface area contributed by atoms with Gasteiger partial charge in [0.15, 0.2) is 17.3 Å². The Hall–Kier alpha value is -0.990. The first kappa shape index (κ1) is 12.1. The van der Waals surface area contributed by atoms with Crippen molar-refractivity contribution >= 4 is 17.3 Å². The summed E-state index contributed by atoms with van der Waals surface area (Å²) in [6, 6.07) is 0. The van der Waals surface area contributed by atoms with Crippen LogP contribution < -0.4 is 0 Å². The van der Waals surface area contributed by atoms with Gasteiger partial charge in [0.25, 0.3) is 0 Å². The number of hydrogen-bond donors (Lipinski definition) is 0. The van der Waals surface area contributed by atoms with Crippen LogP contribution in [0.15, 0.2) is 0 Å². The van der Waals surface area contributed by atoms with E-state index in [9.17, 15) is 14.4 Å². The average molecular weight is 210 g/mol. The molecule has 84 valence electrons. The highest BCUT2D eigenvalue weighted by Gasteiger charge is 2.39. The lowest BCUT2D eigenvalue weighted by Crippen LogP contribution is -2.37. The van der Waals surface area contributed by atoms with Crippen molar-refractivity contribution in [2.45, 2.75) is 46.5 Å². The molecule has 0 saturated heterocycles. The van der Waals surface area contributed by atoms with Crippen molar-refractivity contribution < 1.29 is 14.4 Å². The van der Waals surface area contributed by atoms with Gasteiger partial charge in [-0.1, -0.05) is 20.8 Å². The van der Waals surface area contributed by atoms with Crippen molar-refractivity contribution in [3.05, 3.63) is 0 Å². The van der Waals surface area contributed by atoms with Gasteiger partial charge in [0.05, 0.1) is 0 Å². The molecule has 1 aliphatic carbocycles. The summed E-state index contributed by atoms with van der Waals surface area (Å²) in [4.78, 5) is 35.3. The zero-order valence-electron chi connectivity index (χ0n) is 9.63. The molecule has 1 aliphatic rings. The summed E-state index contributed by atoms with van der Waals surface area (Å²) in [5.41, 5.74) is -0.611. The van der Waals surface area contributed by atoms with Crippen molar-refractivity contribution in [2.24, 2.45) is 11.3 Å². The molecule has 3 nitrogen and oxygen atoms in total. The normalized spacial score (nSPS) is 20.2. The van der Waals surface area contributed by atoms with Crippen LogP contribution in [-0.2, 0) is 14.4 Å². The summed E-state index contributed by atoms with van der Waals surface area (Å²) < 4.78 is 0. The molecular weight excluding hydrogens is 192 g/mol. The molecule has 1 rings (SSSR count). The second kappa shape index (κ2) is 4.25. The summed E-state index contributed by atoms with van der Waals surface area (Å²) in [5.74, 6) is -1.57. The highest BCUT2D eigenvalue weighted by Crippen LogP contribution is 2.26. The van der Waals surface area contributed by atoms with E-state index in [1.807, 2.05) is 0 Å². The van der Waals surface area contributed by atoms with Gasteiger partial charge in [-0.2, -0.15) is 0 Å². The molecule has 1 saturated carbocycles. The van der Waals surface area contributed by atoms with E-state index in [-0.39, 0.29) is 17.3 Å². The Morgan fingerprint density at radius 3 is 1.80 bits per heavy atom. The second-order valence-corrected chi connectivity index (χ2v) is 5.19. The highest BCUT2D eigenvalue weighted by molar-refractivity contribution is 6.20. The third kappa shape index (κ3) is 2.74. The summed E-state index contributed by atoms with van der Waals surface area (Å²) >= 11 is 0. The van der Waals surface area contributed by atoms with E-state index in [4.69, 9.17) is 0 Å². The Balaban J connectivity index is 2.94. The van der Waals surface area contributed by atoms with Gasteiger partial charge in [-0.05, 0) is 12.8 Å². The molecule has 0 aliphatic heterocycles. The molecule has 0 bridgehead atoms. The minimum atomic E-state index is -0.979. The zero-order chi connectivity index (χ0) is 11.6. The van der Waals surface area contributed by atoms with Gasteiger partial charge in [-0.15, -0.1) is 0 Å². The lowest BCUT2D eigenvalue weighted by Gasteiger charge is -2.21. The largest absolute Gasteiger partial charge is 0.298 e. The molecule has 0 heterocycles. The molecule has 0 amide bonds. The van der Waals surface area contributed by atoms with Gasteiger partial charge in [0.2, 0.25) is 0 Å². The molecule has 0 radical (unpaired) electrons. The van der Waals surface area contributed by atoms with Gasteiger partial charge in [0, 0.05) is 18.3 Å². The van der Waals surface area contributed by atoms with E-state index in [2.05, 4.69) is 0 Å². The Bertz CT molecular complexity index is 278. The Morgan fingerprint density at radius 2 is 1.47 bits per heavy atom. The monoisotopic (exact) mass is 210 g/mol. The number of ketones is 3. The van der Waals surface area contributed by atoms with Gasteiger partial charge in [0.1, 0.15) is 5.92 Å². The first-order chi connectivity index (χ1) is 6.84. The molecule has 0 aromatic heterocycles. The highest BCUT2D eigenvalue weighted by atomic mass is 16.2. The van der Waals surface area contributed by atoms with Crippen LogP contribution in [0.1, 0.15) is 46.5 Å². The van der Waals surface area contributed by atoms with Gasteiger partial charge < -0.3 is 0 Å². The molecule has 3 heteroatoms. The summed E-state index contributed by atoms with van der Waals surface area (Å²) in [5, 5.41) is 0. The maximum absolute atomic E-state index is 12.0. The molecular formula is C12H18O3. The minimum absolute atomic E-state index is 0.183. The Labute approximate surface area is 90.2 Å². The van der Waals surface area contributed by atoms with Crippen LogP contribution in [0, 0.1) is 11.3 Å².